The lowest BCUT2D eigenvalue weighted by Crippen LogP contribution is -2.36. The fourth-order valence-corrected chi connectivity index (χ4v) is 3.34. The molecule has 1 unspecified atom stereocenters. The van der Waals surface area contributed by atoms with Crippen molar-refractivity contribution in [3.05, 3.63) is 24.3 Å². The maximum absolute atomic E-state index is 12.3. The first kappa shape index (κ1) is 16.3. The molecule has 1 saturated carbocycles. The Morgan fingerprint density at radius 1 is 1.24 bits per heavy atom. The third kappa shape index (κ3) is 3.75. The number of nitrogens with zero attached hydrogens (tertiary/aromatic N) is 2. The fourth-order valence-electron chi connectivity index (χ4n) is 2.28. The fraction of sp³-hybridized carbons (Fsp3) is 0.600. The highest BCUT2D eigenvalue weighted by Crippen LogP contribution is 2.27. The van der Waals surface area contributed by atoms with E-state index in [1.54, 1.807) is 26.2 Å². The predicted octanol–water partition coefficient (Wildman–Crippen LogP) is 1.83. The average molecular weight is 311 g/mol. The second-order valence-corrected chi connectivity index (χ2v) is 8.03. The van der Waals surface area contributed by atoms with Gasteiger partial charge in [-0.25, -0.2) is 12.7 Å². The zero-order chi connectivity index (χ0) is 15.6. The van der Waals surface area contributed by atoms with Crippen LogP contribution in [0.15, 0.2) is 29.2 Å². The molecule has 0 saturated heterocycles. The summed E-state index contributed by atoms with van der Waals surface area (Å²) in [7, 11) is 1.81. The zero-order valence-electron chi connectivity index (χ0n) is 13.2. The third-order valence-corrected chi connectivity index (χ3v) is 5.92. The quantitative estimate of drug-likeness (QED) is 0.835. The van der Waals surface area contributed by atoms with Crippen LogP contribution in [0.2, 0.25) is 0 Å². The monoisotopic (exact) mass is 311 g/mol. The van der Waals surface area contributed by atoms with Crippen LogP contribution >= 0.6 is 0 Å². The smallest absolute Gasteiger partial charge is 0.244 e. The van der Waals surface area contributed by atoms with Crippen LogP contribution in [0.3, 0.4) is 0 Å². The molecule has 1 aromatic carbocycles. The number of anilines is 1. The first-order chi connectivity index (χ1) is 9.84. The molecule has 118 valence electrons. The van der Waals surface area contributed by atoms with E-state index in [9.17, 15) is 8.42 Å². The highest BCUT2D eigenvalue weighted by atomic mass is 32.2. The van der Waals surface area contributed by atoms with E-state index in [0.29, 0.717) is 22.7 Å². The van der Waals surface area contributed by atoms with Crippen LogP contribution in [0.25, 0.3) is 0 Å². The maximum Gasteiger partial charge on any atom is 0.244 e. The lowest BCUT2D eigenvalue weighted by atomic mass is 10.2. The van der Waals surface area contributed by atoms with Gasteiger partial charge in [0.05, 0.1) is 5.69 Å². The van der Waals surface area contributed by atoms with Crippen LogP contribution in [0.5, 0.6) is 0 Å². The summed E-state index contributed by atoms with van der Waals surface area (Å²) in [5.41, 5.74) is 0.669. The molecule has 1 aliphatic carbocycles. The minimum Gasteiger partial charge on any atom is -0.382 e. The van der Waals surface area contributed by atoms with Crippen molar-refractivity contribution in [1.82, 2.24) is 9.21 Å². The highest BCUT2D eigenvalue weighted by Gasteiger charge is 2.29. The van der Waals surface area contributed by atoms with Crippen LogP contribution in [-0.2, 0) is 10.0 Å². The van der Waals surface area contributed by atoms with Gasteiger partial charge in [-0.15, -0.1) is 0 Å². The van der Waals surface area contributed by atoms with Crippen molar-refractivity contribution in [3.63, 3.8) is 0 Å². The molecular weight excluding hydrogens is 286 g/mol. The Morgan fingerprint density at radius 3 is 2.43 bits per heavy atom. The Hall–Kier alpha value is -1.11. The predicted molar refractivity (Wildman–Crippen MR) is 86.1 cm³/mol. The average Bonchev–Trinajstić information content (AvgIpc) is 3.28. The SMILES string of the molecule is CC(CNc1ccccc1S(=O)(=O)N(C)C)N(C)C1CC1. The molecule has 6 heteroatoms. The number of nitrogens with one attached hydrogen (secondary N) is 1. The van der Waals surface area contributed by atoms with Gasteiger partial charge < -0.3 is 5.32 Å². The Labute approximate surface area is 128 Å². The van der Waals surface area contributed by atoms with Crippen molar-refractivity contribution in [2.24, 2.45) is 0 Å². The van der Waals surface area contributed by atoms with Crippen LogP contribution in [-0.4, -0.2) is 57.4 Å². The van der Waals surface area contributed by atoms with E-state index >= 15 is 0 Å². The van der Waals surface area contributed by atoms with Crippen LogP contribution in [0.4, 0.5) is 5.69 Å². The van der Waals surface area contributed by atoms with E-state index in [1.807, 2.05) is 12.1 Å². The summed E-state index contributed by atoms with van der Waals surface area (Å²) in [6.07, 6.45) is 2.54. The first-order valence-electron chi connectivity index (χ1n) is 7.31. The molecule has 1 aromatic rings. The van der Waals surface area contributed by atoms with E-state index in [1.165, 1.54) is 17.1 Å². The van der Waals surface area contributed by atoms with Gasteiger partial charge in [0.25, 0.3) is 0 Å². The normalized spacial score (nSPS) is 17.2. The largest absolute Gasteiger partial charge is 0.382 e. The number of benzene rings is 1. The van der Waals surface area contributed by atoms with Crippen LogP contribution < -0.4 is 5.32 Å². The molecule has 0 radical (unpaired) electrons. The van der Waals surface area contributed by atoms with Gasteiger partial charge in [-0.1, -0.05) is 12.1 Å². The van der Waals surface area contributed by atoms with E-state index in [-0.39, 0.29) is 0 Å². The molecule has 5 nitrogen and oxygen atoms in total. The molecule has 0 spiro atoms. The van der Waals surface area contributed by atoms with Crippen molar-refractivity contribution < 1.29 is 8.42 Å². The van der Waals surface area contributed by atoms with E-state index < -0.39 is 10.0 Å². The van der Waals surface area contributed by atoms with E-state index in [2.05, 4.69) is 24.2 Å². The van der Waals surface area contributed by atoms with E-state index in [4.69, 9.17) is 0 Å². The van der Waals surface area contributed by atoms with E-state index in [0.717, 1.165) is 6.54 Å². The Morgan fingerprint density at radius 2 is 1.86 bits per heavy atom. The Kier molecular flexibility index (Phi) is 4.91. The second kappa shape index (κ2) is 6.34. The minimum absolute atomic E-state index is 0.330. The summed E-state index contributed by atoms with van der Waals surface area (Å²) >= 11 is 0. The van der Waals surface area contributed by atoms with Gasteiger partial charge in [-0.05, 0) is 38.9 Å². The molecule has 1 aliphatic rings. The molecular formula is C15H25N3O2S. The van der Waals surface area contributed by atoms with Gasteiger partial charge in [0, 0.05) is 32.7 Å². The number of para-hydroxylation sites is 1. The lowest BCUT2D eigenvalue weighted by molar-refractivity contribution is 0.257. The topological polar surface area (TPSA) is 52.7 Å². The summed E-state index contributed by atoms with van der Waals surface area (Å²) in [5, 5.41) is 3.29. The molecule has 2 rings (SSSR count). The molecule has 0 amide bonds. The number of rotatable bonds is 7. The highest BCUT2D eigenvalue weighted by molar-refractivity contribution is 7.89. The third-order valence-electron chi connectivity index (χ3n) is 4.05. The summed E-state index contributed by atoms with van der Waals surface area (Å²) in [6, 6.07) is 8.14. The zero-order valence-corrected chi connectivity index (χ0v) is 14.0. The molecule has 1 fully saturated rings. The molecule has 0 bridgehead atoms. The molecule has 0 aromatic heterocycles. The van der Waals surface area contributed by atoms with Gasteiger partial charge in [-0.3, -0.25) is 4.90 Å². The number of hydrogen-bond donors (Lipinski definition) is 1. The summed E-state index contributed by atoms with van der Waals surface area (Å²) < 4.78 is 25.9. The van der Waals surface area contributed by atoms with Crippen LogP contribution in [0.1, 0.15) is 19.8 Å². The number of sulfonamides is 1. The summed E-state index contributed by atoms with van der Waals surface area (Å²) in [6.45, 7) is 2.89. The lowest BCUT2D eigenvalue weighted by Gasteiger charge is -2.25. The second-order valence-electron chi connectivity index (χ2n) is 5.91. The molecule has 1 atom stereocenters. The van der Waals surface area contributed by atoms with Gasteiger partial charge in [-0.2, -0.15) is 0 Å². The molecule has 21 heavy (non-hydrogen) atoms. The van der Waals surface area contributed by atoms with Crippen molar-refractivity contribution in [1.29, 1.82) is 0 Å². The molecule has 0 heterocycles. The number of hydrogen-bond acceptors (Lipinski definition) is 4. The van der Waals surface area contributed by atoms with Crippen molar-refractivity contribution in [2.45, 2.75) is 36.7 Å². The van der Waals surface area contributed by atoms with Crippen molar-refractivity contribution in [3.8, 4) is 0 Å². The summed E-state index contributed by atoms with van der Waals surface area (Å²) in [5.74, 6) is 0. The summed E-state index contributed by atoms with van der Waals surface area (Å²) in [4.78, 5) is 2.69. The number of likely N-dealkylation sites (N-methyl/N-ethyl adjacent to an activating group) is 1. The molecule has 0 aliphatic heterocycles. The van der Waals surface area contributed by atoms with Gasteiger partial charge in [0.15, 0.2) is 0 Å². The molecule has 1 N–H and O–H groups in total. The van der Waals surface area contributed by atoms with Crippen molar-refractivity contribution in [2.75, 3.05) is 33.0 Å². The first-order valence-corrected chi connectivity index (χ1v) is 8.75. The van der Waals surface area contributed by atoms with Gasteiger partial charge >= 0.3 is 0 Å². The van der Waals surface area contributed by atoms with Crippen molar-refractivity contribution >= 4 is 15.7 Å². The maximum atomic E-state index is 12.3. The Bertz CT molecular complexity index is 582. The van der Waals surface area contributed by atoms with Gasteiger partial charge in [0.2, 0.25) is 10.0 Å². The minimum atomic E-state index is -3.42. The van der Waals surface area contributed by atoms with Crippen LogP contribution in [0, 0.1) is 0 Å². The van der Waals surface area contributed by atoms with Gasteiger partial charge in [0.1, 0.15) is 4.90 Å². The standard InChI is InChI=1S/C15H25N3O2S/c1-12(18(4)13-9-10-13)11-16-14-7-5-6-8-15(14)21(19,20)17(2)3/h5-8,12-13,16H,9-11H2,1-4H3. The Balaban J connectivity index is 2.10.